The Kier molecular flexibility index (Phi) is 4.05. The molecule has 0 aliphatic carbocycles. The van der Waals surface area contributed by atoms with Crippen LogP contribution in [0.15, 0.2) is 47.5 Å². The van der Waals surface area contributed by atoms with E-state index in [4.69, 9.17) is 9.15 Å². The molecule has 0 saturated carbocycles. The van der Waals surface area contributed by atoms with Gasteiger partial charge in [0.1, 0.15) is 6.26 Å². The van der Waals surface area contributed by atoms with Crippen molar-refractivity contribution in [3.8, 4) is 11.3 Å². The number of rotatable bonds is 5. The zero-order valence-electron chi connectivity index (χ0n) is 17.7. The summed E-state index contributed by atoms with van der Waals surface area (Å²) in [6.45, 7) is 3.04. The molecule has 1 amide bonds. The second kappa shape index (κ2) is 7.12. The fourth-order valence-corrected chi connectivity index (χ4v) is 5.03. The Balaban J connectivity index is 1.15. The number of benzene rings is 1. The molecule has 4 aromatic rings. The Morgan fingerprint density at radius 1 is 1.27 bits per heavy atom. The van der Waals surface area contributed by atoms with E-state index in [1.54, 1.807) is 18.7 Å². The van der Waals surface area contributed by atoms with Gasteiger partial charge in [-0.1, -0.05) is 6.07 Å². The van der Waals surface area contributed by atoms with Crippen LogP contribution in [0, 0.1) is 0 Å². The normalized spacial score (nSPS) is 21.6. The summed E-state index contributed by atoms with van der Waals surface area (Å²) in [5.41, 5.74) is 5.10. The minimum absolute atomic E-state index is 0.0297. The monoisotopic (exact) mass is 443 g/mol. The highest BCUT2D eigenvalue weighted by molar-refractivity contribution is 5.98. The Hall–Kier alpha value is -3.76. The number of carbonyl (C=O) groups is 1. The van der Waals surface area contributed by atoms with E-state index in [2.05, 4.69) is 30.5 Å². The van der Waals surface area contributed by atoms with Crippen molar-refractivity contribution in [2.45, 2.75) is 31.7 Å². The molecule has 2 unspecified atom stereocenters. The molecule has 2 bridgehead atoms. The summed E-state index contributed by atoms with van der Waals surface area (Å²) in [6.07, 6.45) is 8.56. The number of likely N-dealkylation sites (tertiary alicyclic amines) is 1. The molecule has 1 aromatic carbocycles. The van der Waals surface area contributed by atoms with Gasteiger partial charge in [0.15, 0.2) is 11.5 Å². The highest BCUT2D eigenvalue weighted by Gasteiger charge is 2.39. The number of nitrogens with one attached hydrogen (secondary N) is 2. The van der Waals surface area contributed by atoms with E-state index in [-0.39, 0.29) is 5.91 Å². The number of imidazole rings is 1. The fraction of sp³-hybridized carbons (Fsp3) is 0.304. The number of anilines is 2. The van der Waals surface area contributed by atoms with Crippen LogP contribution in [0.4, 0.5) is 11.8 Å². The first kappa shape index (κ1) is 18.8. The molecule has 166 valence electrons. The summed E-state index contributed by atoms with van der Waals surface area (Å²) in [4.78, 5) is 27.9. The number of fused-ring (bicyclic) bond motifs is 4. The Bertz CT molecular complexity index is 1390. The smallest absolute Gasteiger partial charge is 0.300 e. The van der Waals surface area contributed by atoms with Gasteiger partial charge in [0.05, 0.1) is 30.3 Å². The third-order valence-corrected chi connectivity index (χ3v) is 6.67. The second-order valence-electron chi connectivity index (χ2n) is 8.71. The average Bonchev–Trinajstić information content (AvgIpc) is 3.64. The lowest BCUT2D eigenvalue weighted by Crippen LogP contribution is -2.36. The molecule has 33 heavy (non-hydrogen) atoms. The average molecular weight is 443 g/mol. The van der Waals surface area contributed by atoms with Crippen LogP contribution >= 0.6 is 0 Å². The van der Waals surface area contributed by atoms with Gasteiger partial charge in [0.25, 0.3) is 5.91 Å². The van der Waals surface area contributed by atoms with Crippen LogP contribution in [-0.2, 0) is 17.8 Å². The third-order valence-electron chi connectivity index (χ3n) is 6.67. The quantitative estimate of drug-likeness (QED) is 0.484. The summed E-state index contributed by atoms with van der Waals surface area (Å²) in [7, 11) is 0. The molecule has 3 aliphatic rings. The molecule has 10 heteroatoms. The summed E-state index contributed by atoms with van der Waals surface area (Å²) >= 11 is 0. The molecule has 3 aromatic heterocycles. The number of ether oxygens (including phenoxy) is 1. The van der Waals surface area contributed by atoms with Gasteiger partial charge in [0.2, 0.25) is 0 Å². The summed E-state index contributed by atoms with van der Waals surface area (Å²) < 4.78 is 13.3. The molecular formula is C23H21N7O3. The van der Waals surface area contributed by atoms with Crippen molar-refractivity contribution in [1.82, 2.24) is 29.6 Å². The predicted molar refractivity (Wildman–Crippen MR) is 118 cm³/mol. The number of carbonyl (C=O) groups excluding carboxylic acids is 1. The Morgan fingerprint density at radius 2 is 2.24 bits per heavy atom. The summed E-state index contributed by atoms with van der Waals surface area (Å²) in [6, 6.07) is 6.68. The molecule has 6 heterocycles. The van der Waals surface area contributed by atoms with Crippen LogP contribution in [0.25, 0.3) is 16.9 Å². The van der Waals surface area contributed by atoms with E-state index >= 15 is 0 Å². The molecule has 3 aliphatic heterocycles. The van der Waals surface area contributed by atoms with Crippen molar-refractivity contribution in [2.24, 2.45) is 0 Å². The van der Waals surface area contributed by atoms with Crippen LogP contribution in [0.5, 0.6) is 0 Å². The molecule has 7 rings (SSSR count). The standard InChI is InChI=1S/C23H21N7O3/c31-22-18-2-1-13(5-14(18)7-26-22)19-8-25-20(21-24-3-4-30(19)21)28-23-27-15(11-33-23)9-29-10-17-6-16(29)12-32-17/h1-5,8,11,16-17H,6-7,9-10,12H2,(H,26,31)(H,25,27,28). The maximum Gasteiger partial charge on any atom is 0.300 e. The van der Waals surface area contributed by atoms with E-state index in [1.807, 2.05) is 28.8 Å². The number of amides is 1. The lowest BCUT2D eigenvalue weighted by molar-refractivity contribution is 0.0268. The SMILES string of the molecule is O=C1NCc2cc(-c3cnc(Nc4nc(CN5CC6CC5CO6)co4)c4nccn34)ccc21. The number of hydrogen-bond donors (Lipinski definition) is 2. The lowest BCUT2D eigenvalue weighted by Gasteiger charge is -2.25. The fourth-order valence-electron chi connectivity index (χ4n) is 5.03. The highest BCUT2D eigenvalue weighted by atomic mass is 16.5. The molecule has 0 radical (unpaired) electrons. The van der Waals surface area contributed by atoms with Gasteiger partial charge in [0, 0.05) is 49.2 Å². The maximum atomic E-state index is 11.9. The molecule has 10 nitrogen and oxygen atoms in total. The van der Waals surface area contributed by atoms with Crippen molar-refractivity contribution < 1.29 is 13.9 Å². The predicted octanol–water partition coefficient (Wildman–Crippen LogP) is 2.34. The van der Waals surface area contributed by atoms with Crippen LogP contribution in [0.2, 0.25) is 0 Å². The van der Waals surface area contributed by atoms with Gasteiger partial charge in [-0.05, 0) is 24.1 Å². The van der Waals surface area contributed by atoms with Gasteiger partial charge in [-0.25, -0.2) is 9.97 Å². The van der Waals surface area contributed by atoms with Crippen molar-refractivity contribution >= 4 is 23.4 Å². The lowest BCUT2D eigenvalue weighted by atomic mass is 10.0. The Morgan fingerprint density at radius 3 is 3.12 bits per heavy atom. The first-order valence-corrected chi connectivity index (χ1v) is 11.0. The maximum absolute atomic E-state index is 11.9. The second-order valence-corrected chi connectivity index (χ2v) is 8.71. The highest BCUT2D eigenvalue weighted by Crippen LogP contribution is 2.30. The first-order valence-electron chi connectivity index (χ1n) is 11.0. The molecule has 2 saturated heterocycles. The molecule has 2 N–H and O–H groups in total. The molecule has 2 atom stereocenters. The number of oxazole rings is 1. The van der Waals surface area contributed by atoms with Gasteiger partial charge < -0.3 is 14.5 Å². The van der Waals surface area contributed by atoms with E-state index in [0.717, 1.165) is 54.2 Å². The molecular weight excluding hydrogens is 422 g/mol. The first-order chi connectivity index (χ1) is 16.2. The van der Waals surface area contributed by atoms with Gasteiger partial charge in [-0.3, -0.25) is 19.4 Å². The van der Waals surface area contributed by atoms with Crippen molar-refractivity contribution in [3.05, 3.63) is 59.9 Å². The van der Waals surface area contributed by atoms with E-state index in [0.29, 0.717) is 36.2 Å². The van der Waals surface area contributed by atoms with E-state index < -0.39 is 0 Å². The van der Waals surface area contributed by atoms with Crippen LogP contribution in [0.1, 0.15) is 28.0 Å². The van der Waals surface area contributed by atoms with E-state index in [1.165, 1.54) is 0 Å². The minimum atomic E-state index is -0.0297. The zero-order chi connectivity index (χ0) is 21.9. The van der Waals surface area contributed by atoms with Crippen molar-refractivity contribution in [3.63, 3.8) is 0 Å². The number of morpholine rings is 1. The Labute approximate surface area is 188 Å². The summed E-state index contributed by atoms with van der Waals surface area (Å²) in [5, 5.41) is 6.02. The molecule has 0 spiro atoms. The van der Waals surface area contributed by atoms with Crippen LogP contribution in [0.3, 0.4) is 0 Å². The van der Waals surface area contributed by atoms with Crippen molar-refractivity contribution in [1.29, 1.82) is 0 Å². The van der Waals surface area contributed by atoms with E-state index in [9.17, 15) is 4.79 Å². The third kappa shape index (κ3) is 3.10. The van der Waals surface area contributed by atoms with Gasteiger partial charge in [-0.2, -0.15) is 4.98 Å². The topological polar surface area (TPSA) is 110 Å². The van der Waals surface area contributed by atoms with Gasteiger partial charge >= 0.3 is 6.01 Å². The number of aromatic nitrogens is 4. The largest absolute Gasteiger partial charge is 0.432 e. The molecule has 2 fully saturated rings. The van der Waals surface area contributed by atoms with Crippen LogP contribution < -0.4 is 10.6 Å². The van der Waals surface area contributed by atoms with Crippen molar-refractivity contribution in [2.75, 3.05) is 18.5 Å². The number of hydrogen-bond acceptors (Lipinski definition) is 8. The van der Waals surface area contributed by atoms with Crippen LogP contribution in [-0.4, -0.2) is 55.5 Å². The minimum Gasteiger partial charge on any atom is -0.432 e. The zero-order valence-corrected chi connectivity index (χ0v) is 17.7. The summed E-state index contributed by atoms with van der Waals surface area (Å²) in [5.74, 6) is 0.529. The number of nitrogens with zero attached hydrogens (tertiary/aromatic N) is 5. The van der Waals surface area contributed by atoms with Gasteiger partial charge in [-0.15, -0.1) is 0 Å².